The minimum atomic E-state index is -4.30. The van der Waals surface area contributed by atoms with Crippen molar-refractivity contribution in [2.24, 2.45) is 0 Å². The summed E-state index contributed by atoms with van der Waals surface area (Å²) < 4.78 is 66.6. The minimum Gasteiger partial charge on any atom is -0.494 e. The van der Waals surface area contributed by atoms with E-state index in [0.29, 0.717) is 33.0 Å². The van der Waals surface area contributed by atoms with Crippen molar-refractivity contribution in [1.29, 1.82) is 0 Å². The van der Waals surface area contributed by atoms with E-state index in [1.54, 1.807) is 42.7 Å². The first kappa shape index (κ1) is 34.5. The van der Waals surface area contributed by atoms with Gasteiger partial charge < -0.3 is 13.9 Å². The monoisotopic (exact) mass is 719 g/mol. The van der Waals surface area contributed by atoms with Crippen LogP contribution < -0.4 is 14.2 Å². The molecule has 4 rings (SSSR count). The third-order valence-corrected chi connectivity index (χ3v) is 14.7. The summed E-state index contributed by atoms with van der Waals surface area (Å²) in [6.07, 6.45) is 2.17. The van der Waals surface area contributed by atoms with E-state index >= 15 is 4.39 Å². The molecule has 2 heterocycles. The van der Waals surface area contributed by atoms with Gasteiger partial charge in [-0.25, -0.2) is 12.8 Å². The van der Waals surface area contributed by atoms with Crippen LogP contribution in [0.2, 0.25) is 18.1 Å². The maximum atomic E-state index is 15.5. The molecule has 0 aliphatic heterocycles. The second kappa shape index (κ2) is 13.2. The number of anilines is 1. The van der Waals surface area contributed by atoms with Crippen molar-refractivity contribution in [2.45, 2.75) is 64.1 Å². The molecule has 0 radical (unpaired) electrons. The predicted molar refractivity (Wildman–Crippen MR) is 180 cm³/mol. The Balaban J connectivity index is 1.88. The maximum Gasteiger partial charge on any atom is 0.243 e. The number of ether oxygens (including phenoxy) is 2. The van der Waals surface area contributed by atoms with Crippen molar-refractivity contribution in [3.8, 4) is 28.6 Å². The molecule has 0 saturated heterocycles. The second-order valence-corrected chi connectivity index (χ2v) is 20.0. The van der Waals surface area contributed by atoms with Gasteiger partial charge in [0.25, 0.3) is 0 Å². The van der Waals surface area contributed by atoms with E-state index in [1.807, 2.05) is 46.9 Å². The Morgan fingerprint density at radius 3 is 2.22 bits per heavy atom. The fourth-order valence-electron chi connectivity index (χ4n) is 4.50. The number of methoxy groups -OCH3 is 2. The Morgan fingerprint density at radius 1 is 1.02 bits per heavy atom. The zero-order valence-electron chi connectivity index (χ0n) is 26.8. The lowest BCUT2D eigenvalue weighted by molar-refractivity contribution is 0.177. The topological polar surface area (TPSA) is 117 Å². The molecule has 2 atom stereocenters. The van der Waals surface area contributed by atoms with Gasteiger partial charge >= 0.3 is 0 Å². The number of sulfonamides is 1. The zero-order chi connectivity index (χ0) is 33.3. The highest BCUT2D eigenvalue weighted by Gasteiger charge is 2.44. The SMILES string of the molecule is COc1cccc(OC)c1-n1c(NS(=O)(=O)[C@H](C)[C@@H](O[Si](C)(C)C(C)(C)C)c2ccc(Br)cc2F)nnc1-c1cncc(C)c1. The largest absolute Gasteiger partial charge is 0.494 e. The molecule has 10 nitrogen and oxygen atoms in total. The predicted octanol–water partition coefficient (Wildman–Crippen LogP) is 7.45. The fraction of sp³-hybridized carbons (Fsp3) is 0.387. The molecule has 0 saturated carbocycles. The summed E-state index contributed by atoms with van der Waals surface area (Å²) in [5.41, 5.74) is 1.97. The first-order chi connectivity index (χ1) is 21.0. The van der Waals surface area contributed by atoms with E-state index in [-0.39, 0.29) is 16.6 Å². The molecule has 4 aromatic rings. The summed E-state index contributed by atoms with van der Waals surface area (Å²) in [6, 6.07) is 11.6. The van der Waals surface area contributed by atoms with Gasteiger partial charge in [0.05, 0.1) is 20.3 Å². The number of nitrogens with zero attached hydrogens (tertiary/aromatic N) is 4. The molecule has 0 fully saturated rings. The van der Waals surface area contributed by atoms with Crippen LogP contribution in [0.25, 0.3) is 17.1 Å². The van der Waals surface area contributed by atoms with Crippen LogP contribution in [0.4, 0.5) is 10.3 Å². The van der Waals surface area contributed by atoms with Gasteiger partial charge in [-0.05, 0) is 67.9 Å². The molecule has 1 N–H and O–H groups in total. The van der Waals surface area contributed by atoms with Gasteiger partial charge in [0.15, 0.2) is 14.1 Å². The Hall–Kier alpha value is -3.33. The number of pyridine rings is 1. The van der Waals surface area contributed by atoms with Crippen LogP contribution in [0.5, 0.6) is 11.5 Å². The number of para-hydroxylation sites is 1. The van der Waals surface area contributed by atoms with Crippen molar-refractivity contribution in [3.63, 3.8) is 0 Å². The van der Waals surface area contributed by atoms with Gasteiger partial charge in [0, 0.05) is 28.0 Å². The first-order valence-corrected chi connectivity index (χ1v) is 19.5. The highest BCUT2D eigenvalue weighted by atomic mass is 79.9. The van der Waals surface area contributed by atoms with E-state index in [4.69, 9.17) is 13.9 Å². The molecular formula is C31H39BrFN5O5SSi. The van der Waals surface area contributed by atoms with E-state index in [9.17, 15) is 8.42 Å². The number of halogens is 2. The van der Waals surface area contributed by atoms with Crippen LogP contribution in [0, 0.1) is 12.7 Å². The number of hydrogen-bond acceptors (Lipinski definition) is 8. The summed E-state index contributed by atoms with van der Waals surface area (Å²) in [6.45, 7) is 13.5. The van der Waals surface area contributed by atoms with Crippen LogP contribution in [0.3, 0.4) is 0 Å². The Bertz CT molecular complexity index is 1770. The number of aryl methyl sites for hydroxylation is 1. The molecule has 0 unspecified atom stereocenters. The zero-order valence-corrected chi connectivity index (χ0v) is 30.2. The number of benzene rings is 2. The third-order valence-electron chi connectivity index (χ3n) is 8.07. The number of hydrogen-bond donors (Lipinski definition) is 1. The normalized spacial score (nSPS) is 13.8. The number of rotatable bonds is 11. The molecule has 0 spiro atoms. The standard InChI is InChI=1S/C31H39BrFN5O5SSi/c1-19-15-21(18-34-17-19)29-35-36-30(38(29)27-25(41-6)11-10-12-26(27)42-7)37-44(39,40)20(2)28(43-45(8,9)31(3,4)5)23-14-13-22(32)16-24(23)33/h10-18,20,28H,1-9H3,(H,36,37)/t20-,28-/m1/s1. The van der Waals surface area contributed by atoms with Crippen LogP contribution >= 0.6 is 15.9 Å². The molecule has 242 valence electrons. The van der Waals surface area contributed by atoms with Gasteiger partial charge in [-0.2, -0.15) is 0 Å². The molecule has 0 amide bonds. The fourth-order valence-corrected chi connectivity index (χ4v) is 7.35. The van der Waals surface area contributed by atoms with Crippen molar-refractivity contribution in [2.75, 3.05) is 18.9 Å². The summed E-state index contributed by atoms with van der Waals surface area (Å²) >= 11 is 3.29. The van der Waals surface area contributed by atoms with Gasteiger partial charge in [-0.1, -0.05) is 48.8 Å². The van der Waals surface area contributed by atoms with Crippen molar-refractivity contribution < 1.29 is 26.7 Å². The quantitative estimate of drug-likeness (QED) is 0.159. The molecule has 2 aromatic carbocycles. The smallest absolute Gasteiger partial charge is 0.243 e. The van der Waals surface area contributed by atoms with Crippen LogP contribution in [0.15, 0.2) is 59.3 Å². The van der Waals surface area contributed by atoms with E-state index in [1.165, 1.54) is 31.8 Å². The summed E-state index contributed by atoms with van der Waals surface area (Å²) in [5, 5.41) is 7.10. The Labute approximate surface area is 273 Å². The Kier molecular flexibility index (Phi) is 10.1. The first-order valence-electron chi connectivity index (χ1n) is 14.2. The molecule has 0 aliphatic rings. The third kappa shape index (κ3) is 7.24. The lowest BCUT2D eigenvalue weighted by Crippen LogP contribution is -2.45. The molecule has 0 aliphatic carbocycles. The maximum absolute atomic E-state index is 15.5. The second-order valence-electron chi connectivity index (χ2n) is 12.3. The number of nitrogens with one attached hydrogen (secondary N) is 1. The number of aromatic nitrogens is 4. The van der Waals surface area contributed by atoms with Crippen molar-refractivity contribution >= 4 is 40.2 Å². The van der Waals surface area contributed by atoms with Crippen LogP contribution in [0.1, 0.15) is 44.9 Å². The molecular weight excluding hydrogens is 681 g/mol. The van der Waals surface area contributed by atoms with Gasteiger partial charge in [-0.15, -0.1) is 10.2 Å². The van der Waals surface area contributed by atoms with E-state index < -0.39 is 35.5 Å². The van der Waals surface area contributed by atoms with Gasteiger partial charge in [0.1, 0.15) is 28.3 Å². The highest BCUT2D eigenvalue weighted by molar-refractivity contribution is 9.10. The van der Waals surface area contributed by atoms with Gasteiger partial charge in [-0.3, -0.25) is 14.3 Å². The van der Waals surface area contributed by atoms with Crippen molar-refractivity contribution in [1.82, 2.24) is 19.7 Å². The molecule has 45 heavy (non-hydrogen) atoms. The lowest BCUT2D eigenvalue weighted by Gasteiger charge is -2.41. The lowest BCUT2D eigenvalue weighted by atomic mass is 10.1. The minimum absolute atomic E-state index is 0.122. The van der Waals surface area contributed by atoms with E-state index in [2.05, 4.69) is 35.8 Å². The summed E-state index contributed by atoms with van der Waals surface area (Å²) in [5.74, 6) is 0.378. The average molecular weight is 721 g/mol. The summed E-state index contributed by atoms with van der Waals surface area (Å²) in [7, 11) is -3.91. The summed E-state index contributed by atoms with van der Waals surface area (Å²) in [4.78, 5) is 4.28. The van der Waals surface area contributed by atoms with Crippen molar-refractivity contribution in [3.05, 3.63) is 76.3 Å². The molecule has 2 aromatic heterocycles. The molecule has 0 bridgehead atoms. The highest BCUT2D eigenvalue weighted by Crippen LogP contribution is 2.43. The van der Waals surface area contributed by atoms with Crippen LogP contribution in [-0.2, 0) is 14.4 Å². The average Bonchev–Trinajstić information content (AvgIpc) is 3.36. The van der Waals surface area contributed by atoms with Gasteiger partial charge in [0.2, 0.25) is 16.0 Å². The van der Waals surface area contributed by atoms with Crippen LogP contribution in [-0.4, -0.2) is 56.0 Å². The van der Waals surface area contributed by atoms with E-state index in [0.717, 1.165) is 5.56 Å². The molecule has 14 heteroatoms. The Morgan fingerprint density at radius 2 is 1.67 bits per heavy atom.